The number of amides is 1. The Hall–Kier alpha value is -1.71. The maximum absolute atomic E-state index is 12.6. The summed E-state index contributed by atoms with van der Waals surface area (Å²) in [4.78, 5) is 14.7. The Kier molecular flexibility index (Phi) is 2.83. The van der Waals surface area contributed by atoms with Gasteiger partial charge in [0.2, 0.25) is 0 Å². The van der Waals surface area contributed by atoms with Crippen LogP contribution < -0.4 is 10.6 Å². The zero-order valence-electron chi connectivity index (χ0n) is 11.7. The molecule has 0 bridgehead atoms. The Morgan fingerprint density at radius 3 is 2.50 bits per heavy atom. The summed E-state index contributed by atoms with van der Waals surface area (Å²) in [6.07, 6.45) is 3.97. The third-order valence-corrected chi connectivity index (χ3v) is 5.04. The Morgan fingerprint density at radius 1 is 1.05 bits per heavy atom. The molecule has 2 unspecified atom stereocenters. The van der Waals surface area contributed by atoms with Crippen LogP contribution in [0.15, 0.2) is 18.2 Å². The normalized spacial score (nSPS) is 27.5. The van der Waals surface area contributed by atoms with Crippen molar-refractivity contribution in [1.82, 2.24) is 4.90 Å². The summed E-state index contributed by atoms with van der Waals surface area (Å²) < 4.78 is 0. The highest BCUT2D eigenvalue weighted by Gasteiger charge is 2.38. The van der Waals surface area contributed by atoms with E-state index in [4.69, 9.17) is 0 Å². The van der Waals surface area contributed by atoms with Gasteiger partial charge in [-0.05, 0) is 42.9 Å². The first kappa shape index (κ1) is 12.1. The molecule has 0 spiro atoms. The van der Waals surface area contributed by atoms with Gasteiger partial charge >= 0.3 is 0 Å². The van der Waals surface area contributed by atoms with E-state index in [2.05, 4.69) is 15.5 Å². The van der Waals surface area contributed by atoms with E-state index in [-0.39, 0.29) is 5.91 Å². The molecule has 4 nitrogen and oxygen atoms in total. The molecule has 2 aliphatic heterocycles. The molecule has 106 valence electrons. The van der Waals surface area contributed by atoms with Crippen LogP contribution in [0, 0.1) is 11.8 Å². The van der Waals surface area contributed by atoms with Gasteiger partial charge in [-0.25, -0.2) is 0 Å². The third kappa shape index (κ3) is 1.94. The maximum Gasteiger partial charge on any atom is 0.253 e. The van der Waals surface area contributed by atoms with Crippen molar-refractivity contribution in [2.24, 2.45) is 11.8 Å². The Balaban J connectivity index is 1.54. The van der Waals surface area contributed by atoms with E-state index < -0.39 is 0 Å². The van der Waals surface area contributed by atoms with Crippen LogP contribution in [-0.4, -0.2) is 37.0 Å². The maximum atomic E-state index is 12.6. The van der Waals surface area contributed by atoms with Crippen LogP contribution in [0.5, 0.6) is 0 Å². The number of fused-ring (bicyclic) bond motifs is 2. The lowest BCUT2D eigenvalue weighted by molar-refractivity contribution is 0.0780. The number of nitrogens with one attached hydrogen (secondary N) is 2. The van der Waals surface area contributed by atoms with E-state index in [1.54, 1.807) is 0 Å². The first-order valence-corrected chi connectivity index (χ1v) is 7.72. The first-order chi connectivity index (χ1) is 9.81. The number of anilines is 2. The van der Waals surface area contributed by atoms with Gasteiger partial charge in [-0.1, -0.05) is 6.42 Å². The van der Waals surface area contributed by atoms with E-state index >= 15 is 0 Å². The molecule has 4 heteroatoms. The predicted molar refractivity (Wildman–Crippen MR) is 80.2 cm³/mol. The van der Waals surface area contributed by atoms with Crippen LogP contribution in [0.4, 0.5) is 11.4 Å². The molecule has 2 N–H and O–H groups in total. The van der Waals surface area contributed by atoms with Crippen molar-refractivity contribution < 1.29 is 4.79 Å². The lowest BCUT2D eigenvalue weighted by Crippen LogP contribution is -2.30. The van der Waals surface area contributed by atoms with Crippen LogP contribution in [-0.2, 0) is 0 Å². The van der Waals surface area contributed by atoms with Gasteiger partial charge in [-0.2, -0.15) is 0 Å². The molecule has 3 aliphatic rings. The Labute approximate surface area is 119 Å². The molecule has 1 aromatic rings. The SMILES string of the molecule is O=C(c1ccc2c(c1)NCCN2)N1CC2CCCC2C1. The minimum Gasteiger partial charge on any atom is -0.382 e. The average Bonchev–Trinajstić information content (AvgIpc) is 3.07. The highest BCUT2D eigenvalue weighted by Crippen LogP contribution is 2.38. The summed E-state index contributed by atoms with van der Waals surface area (Å²) in [5.74, 6) is 1.72. The zero-order valence-corrected chi connectivity index (χ0v) is 11.7. The number of nitrogens with zero attached hydrogens (tertiary/aromatic N) is 1. The topological polar surface area (TPSA) is 44.4 Å². The lowest BCUT2D eigenvalue weighted by Gasteiger charge is -2.22. The summed E-state index contributed by atoms with van der Waals surface area (Å²) in [6, 6.07) is 5.97. The smallest absolute Gasteiger partial charge is 0.253 e. The minimum absolute atomic E-state index is 0.203. The molecule has 2 atom stereocenters. The van der Waals surface area contributed by atoms with Crippen molar-refractivity contribution in [3.05, 3.63) is 23.8 Å². The van der Waals surface area contributed by atoms with Gasteiger partial charge in [0.25, 0.3) is 5.91 Å². The summed E-state index contributed by atoms with van der Waals surface area (Å²) >= 11 is 0. The van der Waals surface area contributed by atoms with Gasteiger partial charge in [0.1, 0.15) is 0 Å². The average molecular weight is 271 g/mol. The van der Waals surface area contributed by atoms with Crippen molar-refractivity contribution in [1.29, 1.82) is 0 Å². The van der Waals surface area contributed by atoms with Gasteiger partial charge in [0.15, 0.2) is 0 Å². The highest BCUT2D eigenvalue weighted by atomic mass is 16.2. The standard InChI is InChI=1S/C16H21N3O/c20-16(19-9-12-2-1-3-13(12)10-19)11-4-5-14-15(8-11)18-7-6-17-14/h4-5,8,12-13,17-18H,1-3,6-7,9-10H2. The van der Waals surface area contributed by atoms with E-state index in [0.717, 1.165) is 55.0 Å². The van der Waals surface area contributed by atoms with Crippen molar-refractivity contribution in [3.8, 4) is 0 Å². The number of hydrogen-bond acceptors (Lipinski definition) is 3. The van der Waals surface area contributed by atoms with E-state index in [9.17, 15) is 4.79 Å². The fourth-order valence-electron chi connectivity index (χ4n) is 3.96. The summed E-state index contributed by atoms with van der Waals surface area (Å²) in [5, 5.41) is 6.70. The summed E-state index contributed by atoms with van der Waals surface area (Å²) in [6.45, 7) is 3.78. The molecule has 2 heterocycles. The minimum atomic E-state index is 0.203. The van der Waals surface area contributed by atoms with E-state index in [1.165, 1.54) is 19.3 Å². The number of hydrogen-bond donors (Lipinski definition) is 2. The van der Waals surface area contributed by atoms with Crippen molar-refractivity contribution in [2.75, 3.05) is 36.8 Å². The van der Waals surface area contributed by atoms with E-state index in [0.29, 0.717) is 0 Å². The molecular weight excluding hydrogens is 250 g/mol. The third-order valence-electron chi connectivity index (χ3n) is 5.04. The van der Waals surface area contributed by atoms with E-state index in [1.807, 2.05) is 18.2 Å². The monoisotopic (exact) mass is 271 g/mol. The number of likely N-dealkylation sites (tertiary alicyclic amines) is 1. The number of benzene rings is 1. The molecule has 0 aromatic heterocycles. The van der Waals surface area contributed by atoms with Gasteiger partial charge in [-0.3, -0.25) is 4.79 Å². The first-order valence-electron chi connectivity index (χ1n) is 7.72. The second kappa shape index (κ2) is 4.69. The van der Waals surface area contributed by atoms with Crippen molar-refractivity contribution in [2.45, 2.75) is 19.3 Å². The quantitative estimate of drug-likeness (QED) is 0.824. The van der Waals surface area contributed by atoms with Crippen LogP contribution in [0.3, 0.4) is 0 Å². The molecule has 2 fully saturated rings. The molecule has 1 amide bonds. The molecule has 1 saturated heterocycles. The molecule has 1 aromatic carbocycles. The Bertz CT molecular complexity index is 531. The highest BCUT2D eigenvalue weighted by molar-refractivity contribution is 5.96. The number of rotatable bonds is 1. The number of carbonyl (C=O) groups is 1. The van der Waals surface area contributed by atoms with Gasteiger partial charge in [0.05, 0.1) is 11.4 Å². The van der Waals surface area contributed by atoms with Crippen LogP contribution in [0.1, 0.15) is 29.6 Å². The predicted octanol–water partition coefficient (Wildman–Crippen LogP) is 2.40. The van der Waals surface area contributed by atoms with Crippen LogP contribution >= 0.6 is 0 Å². The van der Waals surface area contributed by atoms with Gasteiger partial charge in [-0.15, -0.1) is 0 Å². The van der Waals surface area contributed by atoms with Crippen LogP contribution in [0.2, 0.25) is 0 Å². The Morgan fingerprint density at radius 2 is 1.75 bits per heavy atom. The molecule has 1 aliphatic carbocycles. The van der Waals surface area contributed by atoms with Gasteiger partial charge in [0, 0.05) is 31.7 Å². The molecule has 0 radical (unpaired) electrons. The van der Waals surface area contributed by atoms with Gasteiger partial charge < -0.3 is 15.5 Å². The number of carbonyl (C=O) groups excluding carboxylic acids is 1. The fraction of sp³-hybridized carbons (Fsp3) is 0.562. The summed E-state index contributed by atoms with van der Waals surface area (Å²) in [7, 11) is 0. The largest absolute Gasteiger partial charge is 0.382 e. The zero-order chi connectivity index (χ0) is 13.5. The van der Waals surface area contributed by atoms with Crippen molar-refractivity contribution >= 4 is 17.3 Å². The van der Waals surface area contributed by atoms with Crippen molar-refractivity contribution in [3.63, 3.8) is 0 Å². The lowest BCUT2D eigenvalue weighted by atomic mass is 10.0. The molecule has 1 saturated carbocycles. The fourth-order valence-corrected chi connectivity index (χ4v) is 3.96. The van der Waals surface area contributed by atoms with Crippen LogP contribution in [0.25, 0.3) is 0 Å². The second-order valence-corrected chi connectivity index (χ2v) is 6.28. The second-order valence-electron chi connectivity index (χ2n) is 6.28. The molecular formula is C16H21N3O. The molecule has 4 rings (SSSR count). The summed E-state index contributed by atoms with van der Waals surface area (Å²) in [5.41, 5.74) is 2.98. The molecule has 20 heavy (non-hydrogen) atoms.